The number of aromatic nitrogens is 2. The molecule has 0 bridgehead atoms. The van der Waals surface area contributed by atoms with Crippen molar-refractivity contribution in [3.05, 3.63) is 60.2 Å². The molecular formula is C20H23N3OS. The van der Waals surface area contributed by atoms with Gasteiger partial charge in [-0.3, -0.25) is 4.79 Å². The first kappa shape index (κ1) is 17.5. The molecule has 4 nitrogen and oxygen atoms in total. The number of nitrogens with zero attached hydrogens (tertiary/aromatic N) is 2. The first-order valence-corrected chi connectivity index (χ1v) is 9.57. The summed E-state index contributed by atoms with van der Waals surface area (Å²) in [6.07, 6.45) is 0. The lowest BCUT2D eigenvalue weighted by Gasteiger charge is -2.13. The summed E-state index contributed by atoms with van der Waals surface area (Å²) < 4.78 is 2.15. The van der Waals surface area contributed by atoms with Crippen LogP contribution >= 0.6 is 11.8 Å². The molecule has 0 aliphatic heterocycles. The number of amides is 1. The number of fused-ring (bicyclic) bond motifs is 1. The molecule has 1 unspecified atom stereocenters. The minimum Gasteiger partial charge on any atom is -0.355 e. The summed E-state index contributed by atoms with van der Waals surface area (Å²) in [6, 6.07) is 18.3. The Labute approximate surface area is 152 Å². The minimum atomic E-state index is 0.0440. The highest BCUT2D eigenvalue weighted by Gasteiger charge is 2.12. The number of carbonyl (C=O) groups excluding carboxylic acids is 1. The molecule has 0 aliphatic rings. The van der Waals surface area contributed by atoms with Crippen LogP contribution in [0, 0.1) is 0 Å². The highest BCUT2D eigenvalue weighted by atomic mass is 32.2. The zero-order valence-corrected chi connectivity index (χ0v) is 15.4. The van der Waals surface area contributed by atoms with E-state index in [2.05, 4.69) is 46.9 Å². The summed E-state index contributed by atoms with van der Waals surface area (Å²) in [5.74, 6) is 0.725. The van der Waals surface area contributed by atoms with Crippen LogP contribution in [0.3, 0.4) is 0 Å². The topological polar surface area (TPSA) is 46.9 Å². The van der Waals surface area contributed by atoms with Gasteiger partial charge in [-0.2, -0.15) is 0 Å². The first-order chi connectivity index (χ1) is 12.2. The Balaban J connectivity index is 1.56. The molecule has 1 aromatic heterocycles. The van der Waals surface area contributed by atoms with Gasteiger partial charge in [0.25, 0.3) is 0 Å². The van der Waals surface area contributed by atoms with Gasteiger partial charge in [-0.15, -0.1) is 0 Å². The number of thioether (sulfide) groups is 1. The van der Waals surface area contributed by atoms with E-state index in [9.17, 15) is 4.79 Å². The Morgan fingerprint density at radius 2 is 1.88 bits per heavy atom. The zero-order valence-electron chi connectivity index (χ0n) is 14.6. The molecule has 1 heterocycles. The molecule has 2 aromatic carbocycles. The Bertz CT molecular complexity index is 845. The van der Waals surface area contributed by atoms with Crippen molar-refractivity contribution in [1.82, 2.24) is 14.9 Å². The van der Waals surface area contributed by atoms with E-state index < -0.39 is 0 Å². The lowest BCUT2D eigenvalue weighted by molar-refractivity contribution is -0.118. The molecule has 3 aromatic rings. The van der Waals surface area contributed by atoms with Gasteiger partial charge in [0.05, 0.1) is 16.8 Å². The van der Waals surface area contributed by atoms with Crippen LogP contribution in [0.15, 0.2) is 59.8 Å². The highest BCUT2D eigenvalue weighted by molar-refractivity contribution is 7.99. The van der Waals surface area contributed by atoms with Gasteiger partial charge in [-0.1, -0.05) is 61.2 Å². The van der Waals surface area contributed by atoms with Crippen molar-refractivity contribution in [2.75, 3.05) is 12.3 Å². The van der Waals surface area contributed by atoms with Crippen molar-refractivity contribution < 1.29 is 4.79 Å². The summed E-state index contributed by atoms with van der Waals surface area (Å²) in [5.41, 5.74) is 3.33. The van der Waals surface area contributed by atoms with E-state index in [1.165, 1.54) is 17.3 Å². The van der Waals surface area contributed by atoms with Gasteiger partial charge in [-0.25, -0.2) is 4.98 Å². The van der Waals surface area contributed by atoms with E-state index in [0.29, 0.717) is 18.2 Å². The van der Waals surface area contributed by atoms with Crippen molar-refractivity contribution in [2.45, 2.75) is 31.5 Å². The molecule has 0 saturated heterocycles. The van der Waals surface area contributed by atoms with Crippen molar-refractivity contribution in [1.29, 1.82) is 0 Å². The second-order valence-corrected chi connectivity index (χ2v) is 6.97. The monoisotopic (exact) mass is 353 g/mol. The lowest BCUT2D eigenvalue weighted by Crippen LogP contribution is -2.29. The van der Waals surface area contributed by atoms with Crippen LogP contribution in [-0.2, 0) is 11.3 Å². The maximum atomic E-state index is 12.2. The molecule has 0 radical (unpaired) electrons. The number of benzene rings is 2. The average Bonchev–Trinajstić information content (AvgIpc) is 3.02. The number of aryl methyl sites for hydroxylation is 1. The largest absolute Gasteiger partial charge is 0.355 e. The van der Waals surface area contributed by atoms with Crippen molar-refractivity contribution >= 4 is 28.7 Å². The summed E-state index contributed by atoms with van der Waals surface area (Å²) in [4.78, 5) is 16.8. The number of imidazole rings is 1. The van der Waals surface area contributed by atoms with Crippen LogP contribution in [-0.4, -0.2) is 27.8 Å². The van der Waals surface area contributed by atoms with E-state index in [0.717, 1.165) is 22.7 Å². The van der Waals surface area contributed by atoms with Crippen LogP contribution in [0.5, 0.6) is 0 Å². The third-order valence-corrected chi connectivity index (χ3v) is 5.22. The van der Waals surface area contributed by atoms with Gasteiger partial charge in [-0.05, 0) is 30.5 Å². The van der Waals surface area contributed by atoms with Crippen LogP contribution in [0.25, 0.3) is 11.0 Å². The predicted molar refractivity (Wildman–Crippen MR) is 104 cm³/mol. The maximum absolute atomic E-state index is 12.2. The highest BCUT2D eigenvalue weighted by Crippen LogP contribution is 2.23. The SMILES string of the molecule is CCn1c(SCC(=O)NCC(C)c2ccccc2)nc2ccccc21. The lowest BCUT2D eigenvalue weighted by atomic mass is 10.0. The fourth-order valence-electron chi connectivity index (χ4n) is 2.82. The van der Waals surface area contributed by atoms with Crippen molar-refractivity contribution in [2.24, 2.45) is 0 Å². The summed E-state index contributed by atoms with van der Waals surface area (Å²) in [5, 5.41) is 3.92. The third kappa shape index (κ3) is 4.23. The fourth-order valence-corrected chi connectivity index (χ4v) is 3.73. The number of para-hydroxylation sites is 2. The van der Waals surface area contributed by atoms with E-state index in [4.69, 9.17) is 0 Å². The molecule has 1 N–H and O–H groups in total. The molecule has 25 heavy (non-hydrogen) atoms. The Kier molecular flexibility index (Phi) is 5.76. The molecule has 0 aliphatic carbocycles. The third-order valence-electron chi connectivity index (χ3n) is 4.24. The van der Waals surface area contributed by atoms with Crippen LogP contribution < -0.4 is 5.32 Å². The van der Waals surface area contributed by atoms with E-state index >= 15 is 0 Å². The molecule has 0 saturated carbocycles. The summed E-state index contributed by atoms with van der Waals surface area (Å²) >= 11 is 1.49. The molecule has 130 valence electrons. The second kappa shape index (κ2) is 8.21. The van der Waals surface area contributed by atoms with E-state index in [1.54, 1.807) is 0 Å². The number of rotatable bonds is 7. The normalized spacial score (nSPS) is 12.2. The smallest absolute Gasteiger partial charge is 0.230 e. The fraction of sp³-hybridized carbons (Fsp3) is 0.300. The Morgan fingerprint density at radius 3 is 2.64 bits per heavy atom. The molecule has 5 heteroatoms. The van der Waals surface area contributed by atoms with Gasteiger partial charge in [0.2, 0.25) is 5.91 Å². The van der Waals surface area contributed by atoms with Crippen LogP contribution in [0.4, 0.5) is 0 Å². The predicted octanol–water partition coefficient (Wildman–Crippen LogP) is 4.07. The van der Waals surface area contributed by atoms with Crippen LogP contribution in [0.1, 0.15) is 25.3 Å². The molecule has 3 rings (SSSR count). The summed E-state index contributed by atoms with van der Waals surface area (Å²) in [6.45, 7) is 5.71. The number of carbonyl (C=O) groups is 1. The Hall–Kier alpha value is -2.27. The minimum absolute atomic E-state index is 0.0440. The molecular weight excluding hydrogens is 330 g/mol. The maximum Gasteiger partial charge on any atom is 0.230 e. The van der Waals surface area contributed by atoms with Gasteiger partial charge >= 0.3 is 0 Å². The summed E-state index contributed by atoms with van der Waals surface area (Å²) in [7, 11) is 0. The van der Waals surface area contributed by atoms with Gasteiger partial charge in [0.15, 0.2) is 5.16 Å². The zero-order chi connectivity index (χ0) is 17.6. The molecule has 0 fully saturated rings. The van der Waals surface area contributed by atoms with Gasteiger partial charge < -0.3 is 9.88 Å². The molecule has 1 atom stereocenters. The van der Waals surface area contributed by atoms with Gasteiger partial charge in [0.1, 0.15) is 0 Å². The number of hydrogen-bond donors (Lipinski definition) is 1. The average molecular weight is 353 g/mol. The number of hydrogen-bond acceptors (Lipinski definition) is 3. The quantitative estimate of drug-likeness (QED) is 0.651. The van der Waals surface area contributed by atoms with Crippen LogP contribution in [0.2, 0.25) is 0 Å². The van der Waals surface area contributed by atoms with Crippen molar-refractivity contribution in [3.8, 4) is 0 Å². The van der Waals surface area contributed by atoms with Crippen molar-refractivity contribution in [3.63, 3.8) is 0 Å². The Morgan fingerprint density at radius 1 is 1.16 bits per heavy atom. The standard InChI is InChI=1S/C20H23N3OS/c1-3-23-18-12-8-7-11-17(18)22-20(23)25-14-19(24)21-13-15(2)16-9-5-4-6-10-16/h4-12,15H,3,13-14H2,1-2H3,(H,21,24). The van der Waals surface area contributed by atoms with E-state index in [-0.39, 0.29) is 5.91 Å². The number of nitrogens with one attached hydrogen (secondary N) is 1. The molecule has 0 spiro atoms. The van der Waals surface area contributed by atoms with Gasteiger partial charge in [0, 0.05) is 13.1 Å². The second-order valence-electron chi connectivity index (χ2n) is 6.03. The molecule has 1 amide bonds. The first-order valence-electron chi connectivity index (χ1n) is 8.58. The van der Waals surface area contributed by atoms with E-state index in [1.807, 2.05) is 36.4 Å².